The van der Waals surface area contributed by atoms with E-state index in [-0.39, 0.29) is 5.91 Å². The molecule has 0 aromatic heterocycles. The lowest BCUT2D eigenvalue weighted by molar-refractivity contribution is -0.115. The Morgan fingerprint density at radius 2 is 1.90 bits per heavy atom. The highest BCUT2D eigenvalue weighted by Crippen LogP contribution is 2.21. The van der Waals surface area contributed by atoms with Crippen molar-refractivity contribution in [1.82, 2.24) is 0 Å². The van der Waals surface area contributed by atoms with Crippen LogP contribution < -0.4 is 16.4 Å². The number of hydrogen-bond donors (Lipinski definition) is 3. The Morgan fingerprint density at radius 1 is 1.15 bits per heavy atom. The van der Waals surface area contributed by atoms with E-state index in [0.29, 0.717) is 17.8 Å². The Hall–Kier alpha value is -2.30. The fraction of sp³-hybridized carbons (Fsp3) is 0.333. The van der Waals surface area contributed by atoms with Crippen LogP contribution in [0.3, 0.4) is 0 Å². The van der Waals surface area contributed by atoms with Gasteiger partial charge in [-0.1, -0.05) is 17.7 Å². The maximum atomic E-state index is 12.0. The van der Waals surface area contributed by atoms with E-state index in [2.05, 4.69) is 16.7 Å². The summed E-state index contributed by atoms with van der Waals surface area (Å²) in [5.74, 6) is -0.0330. The molecule has 20 heavy (non-hydrogen) atoms. The van der Waals surface area contributed by atoms with Crippen LogP contribution in [0.1, 0.15) is 32.1 Å². The number of benzene rings is 1. The largest absolute Gasteiger partial charge is 0.351 e. The number of urea groups is 1. The number of anilines is 2. The van der Waals surface area contributed by atoms with Crippen molar-refractivity contribution in [3.8, 4) is 0 Å². The lowest BCUT2D eigenvalue weighted by Gasteiger charge is -2.13. The second kappa shape index (κ2) is 6.75. The normalized spacial score (nSPS) is 14.3. The van der Waals surface area contributed by atoms with Gasteiger partial charge >= 0.3 is 6.03 Å². The number of primary amides is 1. The molecule has 0 unspecified atom stereocenters. The predicted octanol–water partition coefficient (Wildman–Crippen LogP) is 3.01. The molecule has 1 aliphatic carbocycles. The van der Waals surface area contributed by atoms with Gasteiger partial charge in [0.1, 0.15) is 0 Å². The van der Waals surface area contributed by atoms with Crippen molar-refractivity contribution in [3.63, 3.8) is 0 Å². The molecule has 0 atom stereocenters. The molecule has 0 saturated heterocycles. The number of amides is 3. The molecule has 5 nitrogen and oxygen atoms in total. The van der Waals surface area contributed by atoms with Crippen LogP contribution in [-0.4, -0.2) is 11.9 Å². The van der Waals surface area contributed by atoms with Crippen LogP contribution in [0, 0.1) is 0 Å². The average molecular weight is 273 g/mol. The standard InChI is InChI=1S/C15H19N3O2/c16-15(20)18-13-8-4-7-12(10-13)17-14(19)9-11-5-2-1-3-6-11/h4-5,7-8,10H,1-3,6,9H2,(H,17,19)(H3,16,18,20). The first-order chi connectivity index (χ1) is 9.63. The SMILES string of the molecule is NC(=O)Nc1cccc(NC(=O)CC2=CCCCC2)c1. The van der Waals surface area contributed by atoms with Gasteiger partial charge in [0.05, 0.1) is 0 Å². The number of carbonyl (C=O) groups is 2. The van der Waals surface area contributed by atoms with E-state index in [0.717, 1.165) is 19.3 Å². The molecule has 4 N–H and O–H groups in total. The second-order valence-electron chi connectivity index (χ2n) is 4.90. The van der Waals surface area contributed by atoms with E-state index < -0.39 is 6.03 Å². The fourth-order valence-electron chi connectivity index (χ4n) is 2.29. The molecule has 0 saturated carbocycles. The Labute approximate surface area is 118 Å². The molecule has 0 radical (unpaired) electrons. The van der Waals surface area contributed by atoms with Gasteiger partial charge in [-0.2, -0.15) is 0 Å². The van der Waals surface area contributed by atoms with Crippen LogP contribution in [0.4, 0.5) is 16.2 Å². The minimum atomic E-state index is -0.624. The van der Waals surface area contributed by atoms with E-state index in [4.69, 9.17) is 5.73 Å². The predicted molar refractivity (Wildman–Crippen MR) is 79.4 cm³/mol. The first-order valence-corrected chi connectivity index (χ1v) is 6.78. The summed E-state index contributed by atoms with van der Waals surface area (Å²) in [5, 5.41) is 5.31. The number of rotatable bonds is 4. The first-order valence-electron chi connectivity index (χ1n) is 6.78. The number of hydrogen-bond acceptors (Lipinski definition) is 2. The van der Waals surface area contributed by atoms with E-state index in [9.17, 15) is 9.59 Å². The van der Waals surface area contributed by atoms with Crippen molar-refractivity contribution in [2.24, 2.45) is 5.73 Å². The molecule has 0 heterocycles. The summed E-state index contributed by atoms with van der Waals surface area (Å²) in [7, 11) is 0. The number of nitrogens with one attached hydrogen (secondary N) is 2. The van der Waals surface area contributed by atoms with Crippen LogP contribution in [0.15, 0.2) is 35.9 Å². The summed E-state index contributed by atoms with van der Waals surface area (Å²) in [6.45, 7) is 0. The summed E-state index contributed by atoms with van der Waals surface area (Å²) < 4.78 is 0. The lowest BCUT2D eigenvalue weighted by atomic mass is 9.97. The molecule has 1 aromatic carbocycles. The molecule has 1 aliphatic rings. The Bertz CT molecular complexity index is 538. The van der Waals surface area contributed by atoms with Crippen molar-refractivity contribution >= 4 is 23.3 Å². The zero-order valence-corrected chi connectivity index (χ0v) is 11.3. The quantitative estimate of drug-likeness (QED) is 0.737. The number of carbonyl (C=O) groups excluding carboxylic acids is 2. The van der Waals surface area contributed by atoms with Crippen LogP contribution in [0.2, 0.25) is 0 Å². The van der Waals surface area contributed by atoms with Crippen LogP contribution in [0.5, 0.6) is 0 Å². The van der Waals surface area contributed by atoms with Gasteiger partial charge in [0, 0.05) is 17.8 Å². The molecular formula is C15H19N3O2. The number of allylic oxidation sites excluding steroid dienone is 1. The van der Waals surface area contributed by atoms with Gasteiger partial charge in [-0.15, -0.1) is 0 Å². The second-order valence-corrected chi connectivity index (χ2v) is 4.90. The van der Waals surface area contributed by atoms with E-state index in [1.165, 1.54) is 12.0 Å². The van der Waals surface area contributed by atoms with Crippen molar-refractivity contribution < 1.29 is 9.59 Å². The zero-order valence-electron chi connectivity index (χ0n) is 11.3. The molecule has 0 fully saturated rings. The molecule has 2 rings (SSSR count). The number of nitrogens with two attached hydrogens (primary N) is 1. The van der Waals surface area contributed by atoms with Crippen LogP contribution in [-0.2, 0) is 4.79 Å². The molecule has 106 valence electrons. The molecule has 0 bridgehead atoms. The summed E-state index contributed by atoms with van der Waals surface area (Å²) in [6, 6.07) is 6.29. The third-order valence-corrected chi connectivity index (χ3v) is 3.19. The van der Waals surface area contributed by atoms with Crippen molar-refractivity contribution in [3.05, 3.63) is 35.9 Å². The van der Waals surface area contributed by atoms with E-state index in [1.54, 1.807) is 24.3 Å². The lowest BCUT2D eigenvalue weighted by Crippen LogP contribution is -2.19. The maximum Gasteiger partial charge on any atom is 0.316 e. The van der Waals surface area contributed by atoms with Crippen LogP contribution >= 0.6 is 0 Å². The molecule has 5 heteroatoms. The van der Waals surface area contributed by atoms with Gasteiger partial charge in [0.2, 0.25) is 5.91 Å². The van der Waals surface area contributed by atoms with E-state index >= 15 is 0 Å². The summed E-state index contributed by atoms with van der Waals surface area (Å²) in [5.41, 5.74) is 7.48. The highest BCUT2D eigenvalue weighted by atomic mass is 16.2. The highest BCUT2D eigenvalue weighted by Gasteiger charge is 2.09. The third-order valence-electron chi connectivity index (χ3n) is 3.19. The molecule has 3 amide bonds. The van der Waals surface area contributed by atoms with Crippen molar-refractivity contribution in [2.45, 2.75) is 32.1 Å². The summed E-state index contributed by atoms with van der Waals surface area (Å²) >= 11 is 0. The average Bonchev–Trinajstić information content (AvgIpc) is 2.39. The molecule has 1 aromatic rings. The highest BCUT2D eigenvalue weighted by molar-refractivity contribution is 5.94. The molecule has 0 aliphatic heterocycles. The summed E-state index contributed by atoms with van der Waals surface area (Å²) in [6.07, 6.45) is 7.06. The molecular weight excluding hydrogens is 254 g/mol. The topological polar surface area (TPSA) is 84.2 Å². The van der Waals surface area contributed by atoms with Gasteiger partial charge in [0.15, 0.2) is 0 Å². The Kier molecular flexibility index (Phi) is 4.76. The van der Waals surface area contributed by atoms with Gasteiger partial charge in [0.25, 0.3) is 0 Å². The third kappa shape index (κ3) is 4.42. The van der Waals surface area contributed by atoms with Crippen molar-refractivity contribution in [1.29, 1.82) is 0 Å². The van der Waals surface area contributed by atoms with Gasteiger partial charge in [-0.3, -0.25) is 4.79 Å². The van der Waals surface area contributed by atoms with Crippen LogP contribution in [0.25, 0.3) is 0 Å². The maximum absolute atomic E-state index is 12.0. The van der Waals surface area contributed by atoms with E-state index in [1.807, 2.05) is 0 Å². The minimum Gasteiger partial charge on any atom is -0.351 e. The monoisotopic (exact) mass is 273 g/mol. The summed E-state index contributed by atoms with van der Waals surface area (Å²) in [4.78, 5) is 22.7. The van der Waals surface area contributed by atoms with Gasteiger partial charge in [-0.05, 0) is 43.9 Å². The molecule has 0 spiro atoms. The smallest absolute Gasteiger partial charge is 0.316 e. The fourth-order valence-corrected chi connectivity index (χ4v) is 2.29. The van der Waals surface area contributed by atoms with Crippen molar-refractivity contribution in [2.75, 3.05) is 10.6 Å². The zero-order chi connectivity index (χ0) is 14.4. The first kappa shape index (κ1) is 14.1. The Morgan fingerprint density at radius 3 is 2.55 bits per heavy atom. The minimum absolute atomic E-state index is 0.0330. The van der Waals surface area contributed by atoms with Gasteiger partial charge in [-0.25, -0.2) is 4.79 Å². The van der Waals surface area contributed by atoms with Gasteiger partial charge < -0.3 is 16.4 Å². The Balaban J connectivity index is 1.93.